The van der Waals surface area contributed by atoms with Crippen molar-refractivity contribution in [1.82, 2.24) is 14.9 Å². The molecule has 7 heteroatoms. The van der Waals surface area contributed by atoms with E-state index in [1.54, 1.807) is 30.3 Å². The molecule has 31 heavy (non-hydrogen) atoms. The summed E-state index contributed by atoms with van der Waals surface area (Å²) in [5.41, 5.74) is 3.31. The number of hydrogen-bond acceptors (Lipinski definition) is 4. The zero-order valence-corrected chi connectivity index (χ0v) is 18.2. The summed E-state index contributed by atoms with van der Waals surface area (Å²) in [6, 6.07) is 9.88. The van der Waals surface area contributed by atoms with E-state index in [-0.39, 0.29) is 21.3 Å². The number of aromatic nitrogens is 2. The second kappa shape index (κ2) is 7.91. The Morgan fingerprint density at radius 3 is 2.90 bits per heavy atom. The zero-order chi connectivity index (χ0) is 22.2. The van der Waals surface area contributed by atoms with Gasteiger partial charge in [-0.3, -0.25) is 9.59 Å². The van der Waals surface area contributed by atoms with Crippen molar-refractivity contribution in [2.75, 3.05) is 19.0 Å². The Labute approximate surface area is 184 Å². The third-order valence-electron chi connectivity index (χ3n) is 5.57. The number of fused-ring (bicyclic) bond motifs is 2. The SMILES string of the molecule is Cc1c(CN(C)C(=O)/C=C/c2cnc3c(c2)OCC(C)(C)C(=O)N3)[nH]c2ccccc12.[HH].[HH]. The summed E-state index contributed by atoms with van der Waals surface area (Å²) in [6.07, 6.45) is 4.82. The highest BCUT2D eigenvalue weighted by Gasteiger charge is 2.32. The minimum atomic E-state index is -0.643. The van der Waals surface area contributed by atoms with Crippen molar-refractivity contribution >= 4 is 34.6 Å². The Bertz CT molecular complexity index is 1200. The number of aryl methyl sites for hydroxylation is 1. The molecule has 0 saturated carbocycles. The van der Waals surface area contributed by atoms with Crippen LogP contribution in [0.3, 0.4) is 0 Å². The van der Waals surface area contributed by atoms with Crippen LogP contribution in [0.15, 0.2) is 42.6 Å². The van der Waals surface area contributed by atoms with Crippen molar-refractivity contribution in [3.05, 3.63) is 59.4 Å². The van der Waals surface area contributed by atoms with Crippen molar-refractivity contribution < 1.29 is 17.2 Å². The van der Waals surface area contributed by atoms with Crippen molar-refractivity contribution in [3.63, 3.8) is 0 Å². The van der Waals surface area contributed by atoms with E-state index < -0.39 is 5.41 Å². The fourth-order valence-electron chi connectivity index (χ4n) is 3.46. The second-order valence-electron chi connectivity index (χ2n) is 8.54. The van der Waals surface area contributed by atoms with E-state index in [4.69, 9.17) is 4.74 Å². The van der Waals surface area contributed by atoms with E-state index in [2.05, 4.69) is 28.3 Å². The first kappa shape index (κ1) is 20.7. The largest absolute Gasteiger partial charge is 0.489 e. The number of ether oxygens (including phenoxy) is 1. The lowest BCUT2D eigenvalue weighted by molar-refractivity contribution is -0.125. The fraction of sp³-hybridized carbons (Fsp3) is 0.292. The van der Waals surface area contributed by atoms with Crippen molar-refractivity contribution in [3.8, 4) is 5.75 Å². The average Bonchev–Trinajstić information content (AvgIpc) is 3.00. The lowest BCUT2D eigenvalue weighted by Gasteiger charge is -2.18. The quantitative estimate of drug-likeness (QED) is 0.611. The van der Waals surface area contributed by atoms with Crippen LogP contribution < -0.4 is 10.1 Å². The van der Waals surface area contributed by atoms with Gasteiger partial charge in [-0.2, -0.15) is 0 Å². The van der Waals surface area contributed by atoms with Gasteiger partial charge in [0.05, 0.1) is 12.0 Å². The minimum absolute atomic E-state index is 0. The van der Waals surface area contributed by atoms with Crippen LogP contribution in [0.4, 0.5) is 5.82 Å². The molecule has 0 aliphatic carbocycles. The smallest absolute Gasteiger partial charge is 0.246 e. The van der Waals surface area contributed by atoms with Crippen LogP contribution in [0.1, 0.15) is 33.5 Å². The number of amides is 2. The number of rotatable bonds is 4. The Hall–Kier alpha value is -3.61. The normalized spacial score (nSPS) is 15.3. The van der Waals surface area contributed by atoms with Crippen LogP contribution in [0.2, 0.25) is 0 Å². The Morgan fingerprint density at radius 2 is 2.13 bits per heavy atom. The van der Waals surface area contributed by atoms with Crippen LogP contribution in [-0.2, 0) is 16.1 Å². The van der Waals surface area contributed by atoms with Gasteiger partial charge in [0.15, 0.2) is 11.6 Å². The predicted molar refractivity (Wildman–Crippen MR) is 125 cm³/mol. The lowest BCUT2D eigenvalue weighted by atomic mass is 9.94. The molecule has 164 valence electrons. The van der Waals surface area contributed by atoms with Gasteiger partial charge in [0.25, 0.3) is 0 Å². The highest BCUT2D eigenvalue weighted by Crippen LogP contribution is 2.31. The van der Waals surface area contributed by atoms with E-state index in [0.29, 0.717) is 18.1 Å². The molecule has 1 aromatic carbocycles. The van der Waals surface area contributed by atoms with Gasteiger partial charge in [-0.1, -0.05) is 18.2 Å². The van der Waals surface area contributed by atoms with E-state index in [1.807, 2.05) is 32.0 Å². The molecule has 3 aromatic rings. The maximum absolute atomic E-state index is 12.6. The summed E-state index contributed by atoms with van der Waals surface area (Å²) in [5.74, 6) is 0.635. The third kappa shape index (κ3) is 4.17. The van der Waals surface area contributed by atoms with Gasteiger partial charge >= 0.3 is 0 Å². The molecule has 0 unspecified atom stereocenters. The third-order valence-corrected chi connectivity index (χ3v) is 5.57. The number of hydrogen-bond donors (Lipinski definition) is 2. The number of nitrogens with one attached hydrogen (secondary N) is 2. The molecule has 0 fully saturated rings. The molecule has 1 aliphatic heterocycles. The number of para-hydroxylation sites is 1. The van der Waals surface area contributed by atoms with E-state index >= 15 is 0 Å². The summed E-state index contributed by atoms with van der Waals surface area (Å²) < 4.78 is 5.77. The van der Waals surface area contributed by atoms with Gasteiger partial charge in [0.2, 0.25) is 11.8 Å². The molecule has 0 atom stereocenters. The van der Waals surface area contributed by atoms with Gasteiger partial charge < -0.3 is 19.9 Å². The maximum Gasteiger partial charge on any atom is 0.246 e. The number of carbonyl (C=O) groups is 2. The second-order valence-corrected chi connectivity index (χ2v) is 8.54. The Morgan fingerprint density at radius 1 is 1.35 bits per heavy atom. The number of aromatic amines is 1. The fourth-order valence-corrected chi connectivity index (χ4v) is 3.46. The molecule has 0 bridgehead atoms. The minimum Gasteiger partial charge on any atom is -0.489 e. The number of nitrogens with zero attached hydrogens (tertiary/aromatic N) is 2. The molecule has 0 radical (unpaired) electrons. The van der Waals surface area contributed by atoms with Crippen LogP contribution in [0, 0.1) is 12.3 Å². The molecule has 4 rings (SSSR count). The summed E-state index contributed by atoms with van der Waals surface area (Å²) in [4.78, 5) is 34.2. The summed E-state index contributed by atoms with van der Waals surface area (Å²) in [7, 11) is 1.77. The van der Waals surface area contributed by atoms with Gasteiger partial charge in [-0.25, -0.2) is 4.98 Å². The number of benzene rings is 1. The van der Waals surface area contributed by atoms with Crippen LogP contribution in [0.25, 0.3) is 17.0 Å². The summed E-state index contributed by atoms with van der Waals surface area (Å²) in [6.45, 7) is 6.43. The summed E-state index contributed by atoms with van der Waals surface area (Å²) in [5, 5.41) is 3.96. The molecule has 0 spiro atoms. The molecule has 3 heterocycles. The van der Waals surface area contributed by atoms with Crippen LogP contribution in [-0.4, -0.2) is 40.3 Å². The first-order valence-corrected chi connectivity index (χ1v) is 10.2. The Balaban J connectivity index is 0.00000193. The number of H-pyrrole nitrogens is 1. The van der Waals surface area contributed by atoms with Gasteiger partial charge in [-0.05, 0) is 50.1 Å². The number of pyridine rings is 1. The molecule has 0 saturated heterocycles. The highest BCUT2D eigenvalue weighted by atomic mass is 16.5. The molecule has 7 nitrogen and oxygen atoms in total. The molecule has 2 N–H and O–H groups in total. The molecule has 1 aliphatic rings. The first-order valence-electron chi connectivity index (χ1n) is 10.2. The average molecular weight is 423 g/mol. The van der Waals surface area contributed by atoms with Gasteiger partial charge in [-0.15, -0.1) is 0 Å². The van der Waals surface area contributed by atoms with Gasteiger partial charge in [0.1, 0.15) is 6.61 Å². The number of likely N-dealkylation sites (N-methyl/N-ethyl adjacent to an activating group) is 1. The standard InChI is InChI=1S/C24H26N4O3.2H2/c1-15-17-7-5-6-8-18(17)26-19(15)13-28(4)21(29)10-9-16-11-20-22(25-12-16)27-23(30)24(2,3)14-31-20;;/h5-12,26H,13-14H2,1-4H3,(H,25,27,30);2*1H/b10-9+;;. The Kier molecular flexibility index (Phi) is 5.27. The van der Waals surface area contributed by atoms with Crippen LogP contribution in [0.5, 0.6) is 5.75 Å². The maximum atomic E-state index is 12.6. The van der Waals surface area contributed by atoms with Crippen molar-refractivity contribution in [2.24, 2.45) is 5.41 Å². The number of anilines is 1. The van der Waals surface area contributed by atoms with Gasteiger partial charge in [0, 0.05) is 38.8 Å². The molecule has 2 aromatic heterocycles. The van der Waals surface area contributed by atoms with E-state index in [0.717, 1.165) is 22.3 Å². The van der Waals surface area contributed by atoms with E-state index in [9.17, 15) is 9.59 Å². The van der Waals surface area contributed by atoms with Crippen molar-refractivity contribution in [1.29, 1.82) is 0 Å². The van der Waals surface area contributed by atoms with Crippen molar-refractivity contribution in [2.45, 2.75) is 27.3 Å². The van der Waals surface area contributed by atoms with Crippen LogP contribution >= 0.6 is 0 Å². The molecule has 2 amide bonds. The van der Waals surface area contributed by atoms with E-state index in [1.165, 1.54) is 11.5 Å². The first-order chi connectivity index (χ1) is 14.7. The zero-order valence-electron chi connectivity index (χ0n) is 18.2. The topological polar surface area (TPSA) is 87.3 Å². The highest BCUT2D eigenvalue weighted by molar-refractivity contribution is 5.96. The predicted octanol–water partition coefficient (Wildman–Crippen LogP) is 4.39. The lowest BCUT2D eigenvalue weighted by Crippen LogP contribution is -2.33. The molecular weight excluding hydrogens is 392 g/mol. The monoisotopic (exact) mass is 422 g/mol. The molecular formula is C24H30N4O3. The summed E-state index contributed by atoms with van der Waals surface area (Å²) >= 11 is 0. The number of carbonyl (C=O) groups excluding carboxylic acids is 2.